The third-order valence-electron chi connectivity index (χ3n) is 5.57. The number of amides is 2. The Morgan fingerprint density at radius 2 is 1.64 bits per heavy atom. The predicted octanol–water partition coefficient (Wildman–Crippen LogP) is 7.30. The van der Waals surface area contributed by atoms with Gasteiger partial charge in [0.15, 0.2) is 0 Å². The van der Waals surface area contributed by atoms with Gasteiger partial charge in [0.2, 0.25) is 11.8 Å². The van der Waals surface area contributed by atoms with E-state index in [-0.39, 0.29) is 24.8 Å². The van der Waals surface area contributed by atoms with E-state index < -0.39 is 6.04 Å². The molecule has 0 radical (unpaired) electrons. The Morgan fingerprint density at radius 1 is 0.944 bits per heavy atom. The fourth-order valence-electron chi connectivity index (χ4n) is 3.68. The summed E-state index contributed by atoms with van der Waals surface area (Å²) in [4.78, 5) is 29.6. The van der Waals surface area contributed by atoms with E-state index in [1.165, 1.54) is 0 Å². The van der Waals surface area contributed by atoms with Crippen molar-refractivity contribution in [3.8, 4) is 0 Å². The number of benzene rings is 3. The molecular formula is C28H29Cl3N2O2S. The minimum absolute atomic E-state index is 0.116. The summed E-state index contributed by atoms with van der Waals surface area (Å²) in [7, 11) is 0. The second-order valence-corrected chi connectivity index (χ2v) is 10.8. The van der Waals surface area contributed by atoms with E-state index in [0.717, 1.165) is 22.4 Å². The highest BCUT2D eigenvalue weighted by Crippen LogP contribution is 2.26. The van der Waals surface area contributed by atoms with Gasteiger partial charge >= 0.3 is 0 Å². The van der Waals surface area contributed by atoms with E-state index in [1.54, 1.807) is 34.9 Å². The molecule has 1 N–H and O–H groups in total. The number of nitrogens with one attached hydrogen (secondary N) is 1. The first-order valence-electron chi connectivity index (χ1n) is 11.8. The fourth-order valence-corrected chi connectivity index (χ4v) is 5.12. The van der Waals surface area contributed by atoms with E-state index >= 15 is 0 Å². The molecule has 0 aromatic heterocycles. The van der Waals surface area contributed by atoms with Crippen molar-refractivity contribution in [2.24, 2.45) is 0 Å². The molecule has 1 unspecified atom stereocenters. The first-order chi connectivity index (χ1) is 17.4. The van der Waals surface area contributed by atoms with E-state index in [0.29, 0.717) is 33.8 Å². The molecule has 0 aliphatic carbocycles. The summed E-state index contributed by atoms with van der Waals surface area (Å²) in [5, 5.41) is 4.63. The fraction of sp³-hybridized carbons (Fsp3) is 0.286. The summed E-state index contributed by atoms with van der Waals surface area (Å²) in [5.41, 5.74) is 1.71. The molecule has 0 saturated heterocycles. The van der Waals surface area contributed by atoms with Crippen molar-refractivity contribution in [2.45, 2.75) is 43.7 Å². The van der Waals surface area contributed by atoms with E-state index in [4.69, 9.17) is 34.8 Å². The van der Waals surface area contributed by atoms with E-state index in [9.17, 15) is 9.59 Å². The van der Waals surface area contributed by atoms with Gasteiger partial charge in [0.25, 0.3) is 0 Å². The maximum absolute atomic E-state index is 13.6. The third kappa shape index (κ3) is 8.74. The first-order valence-corrected chi connectivity index (χ1v) is 13.9. The number of rotatable bonds is 12. The molecule has 3 rings (SSSR count). The van der Waals surface area contributed by atoms with Crippen LogP contribution < -0.4 is 5.32 Å². The third-order valence-corrected chi connectivity index (χ3v) is 7.43. The summed E-state index contributed by atoms with van der Waals surface area (Å²) < 4.78 is 0. The largest absolute Gasteiger partial charge is 0.354 e. The number of nitrogens with zero attached hydrogens (tertiary/aromatic N) is 1. The van der Waals surface area contributed by atoms with Crippen molar-refractivity contribution < 1.29 is 9.59 Å². The average molecular weight is 564 g/mol. The number of hydrogen-bond acceptors (Lipinski definition) is 3. The lowest BCUT2D eigenvalue weighted by Crippen LogP contribution is -2.50. The Bertz CT molecular complexity index is 1140. The van der Waals surface area contributed by atoms with Crippen LogP contribution in [0.25, 0.3) is 0 Å². The zero-order valence-electron chi connectivity index (χ0n) is 20.1. The van der Waals surface area contributed by atoms with Crippen molar-refractivity contribution in [1.82, 2.24) is 10.2 Å². The molecule has 36 heavy (non-hydrogen) atoms. The number of halogens is 3. The topological polar surface area (TPSA) is 49.4 Å². The molecular weight excluding hydrogens is 535 g/mol. The Labute approximate surface area is 232 Å². The molecule has 0 saturated carbocycles. The molecule has 0 heterocycles. The molecule has 4 nitrogen and oxygen atoms in total. The molecule has 2 amide bonds. The average Bonchev–Trinajstić information content (AvgIpc) is 2.87. The monoisotopic (exact) mass is 562 g/mol. The normalized spacial score (nSPS) is 11.7. The van der Waals surface area contributed by atoms with Crippen molar-refractivity contribution in [1.29, 1.82) is 0 Å². The van der Waals surface area contributed by atoms with Crippen LogP contribution in [0.2, 0.25) is 15.1 Å². The zero-order chi connectivity index (χ0) is 25.9. The lowest BCUT2D eigenvalue weighted by atomic mass is 10.0. The van der Waals surface area contributed by atoms with Gasteiger partial charge in [-0.05, 0) is 53.9 Å². The molecule has 1 atom stereocenters. The highest BCUT2D eigenvalue weighted by Gasteiger charge is 2.30. The van der Waals surface area contributed by atoms with Crippen LogP contribution in [0.4, 0.5) is 0 Å². The minimum Gasteiger partial charge on any atom is -0.354 e. The van der Waals surface area contributed by atoms with Crippen LogP contribution in [0.5, 0.6) is 0 Å². The van der Waals surface area contributed by atoms with E-state index in [1.807, 2.05) is 61.5 Å². The quantitative estimate of drug-likeness (QED) is 0.235. The van der Waals surface area contributed by atoms with Crippen LogP contribution in [0.15, 0.2) is 77.7 Å². The Balaban J connectivity index is 1.85. The maximum atomic E-state index is 13.6. The van der Waals surface area contributed by atoms with Gasteiger partial charge in [-0.15, -0.1) is 11.8 Å². The van der Waals surface area contributed by atoms with Gasteiger partial charge in [-0.2, -0.15) is 0 Å². The number of thioether (sulfide) groups is 1. The van der Waals surface area contributed by atoms with Crippen LogP contribution in [0.3, 0.4) is 0 Å². The summed E-state index contributed by atoms with van der Waals surface area (Å²) >= 11 is 20.1. The van der Waals surface area contributed by atoms with Gasteiger partial charge in [-0.1, -0.05) is 78.1 Å². The van der Waals surface area contributed by atoms with Gasteiger partial charge in [-0.25, -0.2) is 0 Å². The van der Waals surface area contributed by atoms with Gasteiger partial charge < -0.3 is 10.2 Å². The van der Waals surface area contributed by atoms with Crippen molar-refractivity contribution >= 4 is 58.4 Å². The summed E-state index contributed by atoms with van der Waals surface area (Å²) in [6.07, 6.45) is 1.47. The molecule has 8 heteroatoms. The van der Waals surface area contributed by atoms with Gasteiger partial charge in [0.05, 0.1) is 0 Å². The lowest BCUT2D eigenvalue weighted by molar-refractivity contribution is -0.141. The zero-order valence-corrected chi connectivity index (χ0v) is 23.1. The highest BCUT2D eigenvalue weighted by atomic mass is 35.5. The highest BCUT2D eigenvalue weighted by molar-refractivity contribution is 7.99. The van der Waals surface area contributed by atoms with Crippen LogP contribution in [0, 0.1) is 0 Å². The molecule has 190 valence electrons. The molecule has 0 spiro atoms. The van der Waals surface area contributed by atoms with Crippen molar-refractivity contribution in [3.05, 3.63) is 99.0 Å². The van der Waals surface area contributed by atoms with Gasteiger partial charge in [-0.3, -0.25) is 9.59 Å². The second-order valence-electron chi connectivity index (χ2n) is 8.31. The first kappa shape index (κ1) is 28.4. The summed E-state index contributed by atoms with van der Waals surface area (Å²) in [6, 6.07) is 21.8. The summed E-state index contributed by atoms with van der Waals surface area (Å²) in [5.74, 6) is 0.277. The summed E-state index contributed by atoms with van der Waals surface area (Å²) in [6.45, 7) is 2.74. The SMILES string of the molecule is CCCNC(=O)C(Cc1ccccc1)N(Cc1ccc(Cl)cc1Cl)C(=O)CCSc1ccc(Cl)cc1. The Morgan fingerprint density at radius 3 is 2.31 bits per heavy atom. The number of carbonyl (C=O) groups excluding carboxylic acids is 2. The smallest absolute Gasteiger partial charge is 0.243 e. The molecule has 3 aromatic carbocycles. The molecule has 0 aliphatic heterocycles. The molecule has 0 bridgehead atoms. The molecule has 3 aromatic rings. The van der Waals surface area contributed by atoms with Crippen LogP contribution in [-0.2, 0) is 22.6 Å². The molecule has 0 fully saturated rings. The lowest BCUT2D eigenvalue weighted by Gasteiger charge is -2.32. The minimum atomic E-state index is -0.682. The number of carbonyl (C=O) groups is 2. The standard InChI is InChI=1S/C28H29Cl3N2O2S/c1-2-15-32-28(35)26(17-20-6-4-3-5-7-20)33(19-21-8-9-23(30)18-25(21)31)27(34)14-16-36-24-12-10-22(29)11-13-24/h3-13,18,26H,2,14-17,19H2,1H3,(H,32,35). The van der Waals surface area contributed by atoms with Crippen LogP contribution in [-0.4, -0.2) is 35.1 Å². The van der Waals surface area contributed by atoms with E-state index in [2.05, 4.69) is 5.32 Å². The van der Waals surface area contributed by atoms with Crippen LogP contribution >= 0.6 is 46.6 Å². The van der Waals surface area contributed by atoms with Crippen LogP contribution in [0.1, 0.15) is 30.9 Å². The predicted molar refractivity (Wildman–Crippen MR) is 151 cm³/mol. The van der Waals surface area contributed by atoms with Gasteiger partial charge in [0.1, 0.15) is 6.04 Å². The number of hydrogen-bond donors (Lipinski definition) is 1. The Hall–Kier alpha value is -2.18. The maximum Gasteiger partial charge on any atom is 0.243 e. The van der Waals surface area contributed by atoms with Gasteiger partial charge in [0, 0.05) is 51.6 Å². The second kappa shape index (κ2) is 14.5. The van der Waals surface area contributed by atoms with Crippen molar-refractivity contribution in [3.63, 3.8) is 0 Å². The molecule has 0 aliphatic rings. The van der Waals surface area contributed by atoms with Crippen molar-refractivity contribution in [2.75, 3.05) is 12.3 Å². The Kier molecular flexibility index (Phi) is 11.5.